The van der Waals surface area contributed by atoms with Gasteiger partial charge >= 0.3 is 0 Å². The Morgan fingerprint density at radius 2 is 2.00 bits per heavy atom. The van der Waals surface area contributed by atoms with Crippen LogP contribution < -0.4 is 0 Å². The van der Waals surface area contributed by atoms with Gasteiger partial charge < -0.3 is 5.11 Å². The van der Waals surface area contributed by atoms with Crippen LogP contribution in [0, 0.1) is 5.92 Å². The van der Waals surface area contributed by atoms with E-state index in [9.17, 15) is 5.11 Å². The molecule has 3 rings (SSSR count). The third-order valence-corrected chi connectivity index (χ3v) is 4.49. The molecule has 0 bridgehead atoms. The van der Waals surface area contributed by atoms with Gasteiger partial charge in [0, 0.05) is 51.2 Å². The Kier molecular flexibility index (Phi) is 4.11. The van der Waals surface area contributed by atoms with E-state index >= 15 is 0 Å². The second-order valence-electron chi connectivity index (χ2n) is 5.87. The summed E-state index contributed by atoms with van der Waals surface area (Å²) >= 11 is 0. The molecule has 0 radical (unpaired) electrons. The number of likely N-dealkylation sites (tertiary alicyclic amines) is 2. The Labute approximate surface area is 115 Å². The maximum atomic E-state index is 9.23. The molecular weight excluding hydrogens is 238 g/mol. The summed E-state index contributed by atoms with van der Waals surface area (Å²) in [5, 5.41) is 9.23. The zero-order valence-corrected chi connectivity index (χ0v) is 11.4. The summed E-state index contributed by atoms with van der Waals surface area (Å²) in [6.07, 6.45) is 6.17. The highest BCUT2D eigenvalue weighted by Crippen LogP contribution is 2.24. The highest BCUT2D eigenvalue weighted by molar-refractivity contribution is 5.09. The zero-order chi connectivity index (χ0) is 13.1. The summed E-state index contributed by atoms with van der Waals surface area (Å²) in [5.74, 6) is 0.509. The van der Waals surface area contributed by atoms with Crippen LogP contribution in [-0.2, 0) is 6.54 Å². The number of aromatic nitrogens is 1. The van der Waals surface area contributed by atoms with Crippen molar-refractivity contribution in [2.75, 3.05) is 32.8 Å². The lowest BCUT2D eigenvalue weighted by molar-refractivity contribution is 0.194. The van der Waals surface area contributed by atoms with Crippen molar-refractivity contribution in [2.45, 2.75) is 25.4 Å². The molecule has 2 atom stereocenters. The van der Waals surface area contributed by atoms with Crippen LogP contribution in [0.1, 0.15) is 18.4 Å². The van der Waals surface area contributed by atoms with E-state index in [1.165, 1.54) is 31.6 Å². The Morgan fingerprint density at radius 1 is 1.16 bits per heavy atom. The summed E-state index contributed by atoms with van der Waals surface area (Å²) in [7, 11) is 0. The number of aliphatic hydroxyl groups excluding tert-OH is 1. The second kappa shape index (κ2) is 5.99. The van der Waals surface area contributed by atoms with E-state index in [0.717, 1.165) is 19.5 Å². The molecule has 1 aromatic rings. The van der Waals surface area contributed by atoms with Crippen molar-refractivity contribution in [1.82, 2.24) is 14.8 Å². The fraction of sp³-hybridized carbons (Fsp3) is 0.667. The minimum absolute atomic E-state index is 0.351. The van der Waals surface area contributed by atoms with Gasteiger partial charge in [-0.2, -0.15) is 0 Å². The van der Waals surface area contributed by atoms with Crippen LogP contribution in [0.15, 0.2) is 24.5 Å². The van der Waals surface area contributed by atoms with Crippen LogP contribution in [0.4, 0.5) is 0 Å². The first-order chi connectivity index (χ1) is 9.35. The zero-order valence-electron chi connectivity index (χ0n) is 11.4. The summed E-state index contributed by atoms with van der Waals surface area (Å²) in [6.45, 7) is 6.00. The third kappa shape index (κ3) is 3.14. The summed E-state index contributed by atoms with van der Waals surface area (Å²) < 4.78 is 0. The van der Waals surface area contributed by atoms with Crippen molar-refractivity contribution in [3.05, 3.63) is 30.1 Å². The van der Waals surface area contributed by atoms with Gasteiger partial charge in [-0.25, -0.2) is 0 Å². The van der Waals surface area contributed by atoms with E-state index in [4.69, 9.17) is 0 Å². The quantitative estimate of drug-likeness (QED) is 0.877. The van der Waals surface area contributed by atoms with Gasteiger partial charge in [0.05, 0.1) is 0 Å². The Balaban J connectivity index is 1.50. The van der Waals surface area contributed by atoms with Crippen molar-refractivity contribution in [2.24, 2.45) is 5.92 Å². The van der Waals surface area contributed by atoms with Crippen molar-refractivity contribution in [1.29, 1.82) is 0 Å². The Bertz CT molecular complexity index is 398. The highest BCUT2D eigenvalue weighted by atomic mass is 16.3. The fourth-order valence-corrected chi connectivity index (χ4v) is 3.34. The Morgan fingerprint density at radius 3 is 2.74 bits per heavy atom. The van der Waals surface area contributed by atoms with Crippen molar-refractivity contribution >= 4 is 0 Å². The van der Waals surface area contributed by atoms with Gasteiger partial charge in [0.2, 0.25) is 0 Å². The minimum atomic E-state index is 0.351. The smallest absolute Gasteiger partial charge is 0.0471 e. The average molecular weight is 261 g/mol. The fourth-order valence-electron chi connectivity index (χ4n) is 3.34. The molecular formula is C15H23N3O. The van der Waals surface area contributed by atoms with Crippen LogP contribution in [0.25, 0.3) is 0 Å². The number of pyridine rings is 1. The van der Waals surface area contributed by atoms with Crippen molar-refractivity contribution in [3.63, 3.8) is 0 Å². The summed E-state index contributed by atoms with van der Waals surface area (Å²) in [5.41, 5.74) is 1.35. The topological polar surface area (TPSA) is 39.6 Å². The molecule has 0 saturated carbocycles. The van der Waals surface area contributed by atoms with Gasteiger partial charge in [0.25, 0.3) is 0 Å². The predicted octanol–water partition coefficient (Wildman–Crippen LogP) is 0.970. The number of nitrogens with zero attached hydrogens (tertiary/aromatic N) is 3. The molecule has 2 unspecified atom stereocenters. The van der Waals surface area contributed by atoms with E-state index in [2.05, 4.69) is 26.9 Å². The SMILES string of the molecule is OCC1CCN(C2CCN(Cc3ccncc3)C2)C1. The molecule has 0 aliphatic carbocycles. The van der Waals surface area contributed by atoms with E-state index in [0.29, 0.717) is 18.6 Å². The molecule has 1 aromatic heterocycles. The minimum Gasteiger partial charge on any atom is -0.396 e. The van der Waals surface area contributed by atoms with Gasteiger partial charge in [-0.15, -0.1) is 0 Å². The molecule has 1 N–H and O–H groups in total. The average Bonchev–Trinajstić information content (AvgIpc) is 3.08. The lowest BCUT2D eigenvalue weighted by Crippen LogP contribution is -2.36. The van der Waals surface area contributed by atoms with Crippen molar-refractivity contribution < 1.29 is 5.11 Å². The normalized spacial score (nSPS) is 29.1. The van der Waals surface area contributed by atoms with Gasteiger partial charge in [-0.1, -0.05) is 0 Å². The number of hydrogen-bond acceptors (Lipinski definition) is 4. The number of hydrogen-bond donors (Lipinski definition) is 1. The molecule has 3 heterocycles. The lowest BCUT2D eigenvalue weighted by atomic mass is 10.1. The first kappa shape index (κ1) is 13.0. The predicted molar refractivity (Wildman–Crippen MR) is 74.7 cm³/mol. The first-order valence-electron chi connectivity index (χ1n) is 7.31. The van der Waals surface area contributed by atoms with E-state index in [-0.39, 0.29) is 0 Å². The van der Waals surface area contributed by atoms with Crippen molar-refractivity contribution in [3.8, 4) is 0 Å². The molecule has 104 valence electrons. The van der Waals surface area contributed by atoms with Gasteiger partial charge in [0.15, 0.2) is 0 Å². The van der Waals surface area contributed by atoms with E-state index in [1.54, 1.807) is 0 Å². The lowest BCUT2D eigenvalue weighted by Gasteiger charge is -2.24. The van der Waals surface area contributed by atoms with Crippen LogP contribution in [-0.4, -0.2) is 58.7 Å². The maximum absolute atomic E-state index is 9.23. The van der Waals surface area contributed by atoms with E-state index in [1.807, 2.05) is 12.4 Å². The molecule has 2 aliphatic heterocycles. The molecule has 2 aliphatic rings. The summed E-state index contributed by atoms with van der Waals surface area (Å²) in [4.78, 5) is 9.18. The molecule has 19 heavy (non-hydrogen) atoms. The van der Waals surface area contributed by atoms with Gasteiger partial charge in [-0.05, 0) is 43.0 Å². The number of rotatable bonds is 4. The molecule has 4 heteroatoms. The van der Waals surface area contributed by atoms with Crippen LogP contribution >= 0.6 is 0 Å². The van der Waals surface area contributed by atoms with Crippen LogP contribution in [0.5, 0.6) is 0 Å². The molecule has 2 saturated heterocycles. The molecule has 0 aromatic carbocycles. The van der Waals surface area contributed by atoms with Crippen LogP contribution in [0.3, 0.4) is 0 Å². The summed E-state index contributed by atoms with van der Waals surface area (Å²) in [6, 6.07) is 4.90. The largest absolute Gasteiger partial charge is 0.396 e. The van der Waals surface area contributed by atoms with E-state index < -0.39 is 0 Å². The molecule has 2 fully saturated rings. The van der Waals surface area contributed by atoms with Gasteiger partial charge in [0.1, 0.15) is 0 Å². The molecule has 4 nitrogen and oxygen atoms in total. The monoisotopic (exact) mass is 261 g/mol. The second-order valence-corrected chi connectivity index (χ2v) is 5.87. The standard InChI is InChI=1S/C15H23N3O/c19-12-14-3-8-18(10-14)15-4-7-17(11-15)9-13-1-5-16-6-2-13/h1-2,5-6,14-15,19H,3-4,7-12H2. The van der Waals surface area contributed by atoms with Crippen LogP contribution in [0.2, 0.25) is 0 Å². The highest BCUT2D eigenvalue weighted by Gasteiger charge is 2.32. The Hall–Kier alpha value is -0.970. The first-order valence-corrected chi connectivity index (χ1v) is 7.31. The molecule has 0 spiro atoms. The molecule has 0 amide bonds. The maximum Gasteiger partial charge on any atom is 0.0471 e. The third-order valence-electron chi connectivity index (χ3n) is 4.49. The van der Waals surface area contributed by atoms with Gasteiger partial charge in [-0.3, -0.25) is 14.8 Å². The number of aliphatic hydroxyl groups is 1.